The molecule has 0 aliphatic carbocycles. The van der Waals surface area contributed by atoms with Crippen LogP contribution in [-0.2, 0) is 11.3 Å². The van der Waals surface area contributed by atoms with Crippen LogP contribution >= 0.6 is 0 Å². The molecule has 8 heteroatoms. The summed E-state index contributed by atoms with van der Waals surface area (Å²) in [6.07, 6.45) is 1.37. The Morgan fingerprint density at radius 1 is 1.25 bits per heavy atom. The van der Waals surface area contributed by atoms with Gasteiger partial charge in [0.1, 0.15) is 5.82 Å². The van der Waals surface area contributed by atoms with E-state index in [0.717, 1.165) is 4.68 Å². The molecule has 0 radical (unpaired) electrons. The number of nitrogens with one attached hydrogen (secondary N) is 2. The topological polar surface area (TPSA) is 99.1 Å². The monoisotopic (exact) mass is 277 g/mol. The lowest BCUT2D eigenvalue weighted by Gasteiger charge is -2.06. The number of para-hydroxylation sites is 1. The highest BCUT2D eigenvalue weighted by atomic mass is 19.1. The number of hydrogen-bond acceptors (Lipinski definition) is 4. The van der Waals surface area contributed by atoms with Crippen molar-refractivity contribution in [2.75, 3.05) is 10.6 Å². The van der Waals surface area contributed by atoms with Crippen molar-refractivity contribution >= 4 is 23.5 Å². The van der Waals surface area contributed by atoms with Crippen LogP contribution in [-0.4, -0.2) is 21.8 Å². The first-order valence-corrected chi connectivity index (χ1v) is 5.60. The molecule has 2 amide bonds. The second-order valence-corrected chi connectivity index (χ2v) is 3.83. The molecule has 7 nitrogen and oxygen atoms in total. The molecule has 0 aliphatic rings. The Morgan fingerprint density at radius 2 is 2.00 bits per heavy atom. The van der Waals surface area contributed by atoms with E-state index >= 15 is 0 Å². The van der Waals surface area contributed by atoms with Gasteiger partial charge >= 0.3 is 6.03 Å². The quantitative estimate of drug-likeness (QED) is 0.845. The van der Waals surface area contributed by atoms with Crippen LogP contribution in [0.25, 0.3) is 0 Å². The molecule has 0 saturated heterocycles. The average molecular weight is 277 g/mol. The minimum absolute atomic E-state index is 0.0270. The fourth-order valence-corrected chi connectivity index (χ4v) is 1.48. The molecule has 1 aromatic carbocycles. The van der Waals surface area contributed by atoms with Gasteiger partial charge in [-0.05, 0) is 12.1 Å². The highest BCUT2D eigenvalue weighted by Crippen LogP contribution is 2.12. The first-order chi connectivity index (χ1) is 9.54. The minimum Gasteiger partial charge on any atom is -0.548 e. The van der Waals surface area contributed by atoms with E-state index in [2.05, 4.69) is 15.7 Å². The molecule has 0 spiro atoms. The lowest BCUT2D eigenvalue weighted by atomic mass is 10.3. The number of hydrogen-bond donors (Lipinski definition) is 2. The van der Waals surface area contributed by atoms with Gasteiger partial charge in [-0.25, -0.2) is 9.18 Å². The maximum Gasteiger partial charge on any atom is 0.324 e. The van der Waals surface area contributed by atoms with Crippen LogP contribution in [0.1, 0.15) is 0 Å². The number of carboxylic acids is 1. The first-order valence-electron chi connectivity index (χ1n) is 5.60. The van der Waals surface area contributed by atoms with Crippen LogP contribution in [0.2, 0.25) is 0 Å². The fraction of sp³-hybridized carbons (Fsp3) is 0.0833. The lowest BCUT2D eigenvalue weighted by molar-refractivity contribution is -0.306. The number of rotatable bonds is 4. The van der Waals surface area contributed by atoms with E-state index in [0.29, 0.717) is 0 Å². The number of urea groups is 1. The maximum absolute atomic E-state index is 13.3. The highest BCUT2D eigenvalue weighted by Gasteiger charge is 2.07. The SMILES string of the molecule is O=C([O-])Cn1ccc(NC(=O)Nc2ccccc2F)n1. The zero-order chi connectivity index (χ0) is 14.5. The van der Waals surface area contributed by atoms with Crippen molar-refractivity contribution in [3.05, 3.63) is 42.3 Å². The van der Waals surface area contributed by atoms with Crippen LogP contribution < -0.4 is 15.7 Å². The lowest BCUT2D eigenvalue weighted by Crippen LogP contribution is -2.27. The molecule has 0 aliphatic heterocycles. The third-order valence-corrected chi connectivity index (χ3v) is 2.30. The molecule has 1 heterocycles. The summed E-state index contributed by atoms with van der Waals surface area (Å²) in [6, 6.07) is 6.42. The third kappa shape index (κ3) is 3.55. The maximum atomic E-state index is 13.3. The summed E-state index contributed by atoms with van der Waals surface area (Å²) in [5.74, 6) is -1.72. The molecule has 2 N–H and O–H groups in total. The number of carboxylic acid groups (broad SMARTS) is 1. The van der Waals surface area contributed by atoms with E-state index in [-0.39, 0.29) is 11.5 Å². The van der Waals surface area contributed by atoms with Crippen molar-refractivity contribution in [2.24, 2.45) is 0 Å². The average Bonchev–Trinajstić information content (AvgIpc) is 2.78. The number of carbonyl (C=O) groups excluding carboxylic acids is 2. The highest BCUT2D eigenvalue weighted by molar-refractivity contribution is 5.99. The van der Waals surface area contributed by atoms with Crippen LogP contribution in [0.4, 0.5) is 20.7 Å². The molecule has 0 bridgehead atoms. The van der Waals surface area contributed by atoms with Crippen LogP contribution in [0.3, 0.4) is 0 Å². The summed E-state index contributed by atoms with van der Waals surface area (Å²) in [6.45, 7) is -0.420. The number of anilines is 2. The number of halogens is 1. The summed E-state index contributed by atoms with van der Waals surface area (Å²) >= 11 is 0. The molecular formula is C12H10FN4O3-. The fourth-order valence-electron chi connectivity index (χ4n) is 1.48. The molecule has 0 unspecified atom stereocenters. The van der Waals surface area contributed by atoms with Crippen molar-refractivity contribution in [3.63, 3.8) is 0 Å². The Hall–Kier alpha value is -2.90. The normalized spacial score (nSPS) is 10.1. The van der Waals surface area contributed by atoms with Gasteiger partial charge in [0, 0.05) is 12.3 Å². The van der Waals surface area contributed by atoms with E-state index in [1.165, 1.54) is 30.5 Å². The zero-order valence-electron chi connectivity index (χ0n) is 10.2. The van der Waals surface area contributed by atoms with E-state index in [9.17, 15) is 19.1 Å². The van der Waals surface area contributed by atoms with E-state index in [1.54, 1.807) is 6.07 Å². The number of aliphatic carboxylic acids is 1. The van der Waals surface area contributed by atoms with E-state index in [1.807, 2.05) is 0 Å². The van der Waals surface area contributed by atoms with Crippen molar-refractivity contribution in [1.82, 2.24) is 9.78 Å². The van der Waals surface area contributed by atoms with Gasteiger partial charge in [0.25, 0.3) is 0 Å². The Kier molecular flexibility index (Phi) is 3.94. The van der Waals surface area contributed by atoms with Crippen LogP contribution in [0, 0.1) is 5.82 Å². The Bertz CT molecular complexity index is 641. The molecule has 0 atom stereocenters. The van der Waals surface area contributed by atoms with Gasteiger partial charge in [-0.15, -0.1) is 0 Å². The largest absolute Gasteiger partial charge is 0.548 e. The predicted octanol–water partition coefficient (Wildman–Crippen LogP) is 0.416. The van der Waals surface area contributed by atoms with E-state index in [4.69, 9.17) is 0 Å². The van der Waals surface area contributed by atoms with Crippen LogP contribution in [0.5, 0.6) is 0 Å². The van der Waals surface area contributed by atoms with Gasteiger partial charge in [-0.2, -0.15) is 5.10 Å². The molecule has 20 heavy (non-hydrogen) atoms. The van der Waals surface area contributed by atoms with Gasteiger partial charge in [-0.1, -0.05) is 12.1 Å². The number of carbonyl (C=O) groups is 2. The van der Waals surface area contributed by atoms with Crippen molar-refractivity contribution in [2.45, 2.75) is 6.54 Å². The minimum atomic E-state index is -1.30. The van der Waals surface area contributed by atoms with Gasteiger partial charge in [0.05, 0.1) is 18.2 Å². The van der Waals surface area contributed by atoms with Gasteiger partial charge < -0.3 is 15.2 Å². The van der Waals surface area contributed by atoms with Crippen molar-refractivity contribution in [3.8, 4) is 0 Å². The number of amides is 2. The second-order valence-electron chi connectivity index (χ2n) is 3.83. The number of benzene rings is 1. The van der Waals surface area contributed by atoms with Gasteiger partial charge in [0.2, 0.25) is 0 Å². The molecular weight excluding hydrogens is 267 g/mol. The zero-order valence-corrected chi connectivity index (χ0v) is 10.2. The van der Waals surface area contributed by atoms with Gasteiger partial charge in [0.15, 0.2) is 5.82 Å². The standard InChI is InChI=1S/C12H11FN4O3/c13-8-3-1-2-4-9(8)14-12(20)15-10-5-6-17(16-10)7-11(18)19/h1-6H,7H2,(H,18,19)(H2,14,15,16,20)/p-1. The molecule has 1 aromatic heterocycles. The van der Waals surface area contributed by atoms with E-state index < -0.39 is 24.4 Å². The summed E-state index contributed by atoms with van der Waals surface area (Å²) < 4.78 is 14.4. The molecule has 2 rings (SSSR count). The molecule has 0 saturated carbocycles. The Morgan fingerprint density at radius 3 is 2.70 bits per heavy atom. The molecule has 2 aromatic rings. The Labute approximate surface area is 113 Å². The van der Waals surface area contributed by atoms with Crippen LogP contribution in [0.15, 0.2) is 36.5 Å². The predicted molar refractivity (Wildman–Crippen MR) is 66.3 cm³/mol. The summed E-state index contributed by atoms with van der Waals surface area (Å²) in [5, 5.41) is 18.8. The van der Waals surface area contributed by atoms with Crippen molar-refractivity contribution in [1.29, 1.82) is 0 Å². The number of aromatic nitrogens is 2. The smallest absolute Gasteiger partial charge is 0.324 e. The molecule has 104 valence electrons. The molecule has 0 fully saturated rings. The summed E-state index contributed by atoms with van der Waals surface area (Å²) in [5.41, 5.74) is 0.0270. The summed E-state index contributed by atoms with van der Waals surface area (Å²) in [7, 11) is 0. The summed E-state index contributed by atoms with van der Waals surface area (Å²) in [4.78, 5) is 22.0. The number of nitrogens with zero attached hydrogens (tertiary/aromatic N) is 2. The van der Waals surface area contributed by atoms with Gasteiger partial charge in [-0.3, -0.25) is 10.00 Å². The van der Waals surface area contributed by atoms with Crippen molar-refractivity contribution < 1.29 is 19.1 Å². The Balaban J connectivity index is 1.96. The third-order valence-electron chi connectivity index (χ3n) is 2.30. The first kappa shape index (κ1) is 13.5. The second kappa shape index (κ2) is 5.83.